The van der Waals surface area contributed by atoms with Crippen molar-refractivity contribution in [2.24, 2.45) is 5.92 Å². The van der Waals surface area contributed by atoms with E-state index in [9.17, 15) is 14.9 Å². The van der Waals surface area contributed by atoms with Crippen molar-refractivity contribution in [1.29, 1.82) is 5.26 Å². The zero-order valence-corrected chi connectivity index (χ0v) is 10.8. The largest absolute Gasteiger partial charge is 0.465 e. The maximum atomic E-state index is 12.2. The number of esters is 1. The average molecular weight is 258 g/mol. The SMILES string of the molecule is CCOC(=O)[C@H](C#N)[C@H]1C(=O)N(C)c2ccccc21. The number of carbonyl (C=O) groups excluding carboxylic acids is 2. The van der Waals surface area contributed by atoms with Gasteiger partial charge in [-0.2, -0.15) is 5.26 Å². The number of amides is 1. The van der Waals surface area contributed by atoms with Crippen molar-refractivity contribution in [2.45, 2.75) is 12.8 Å². The molecule has 0 aromatic heterocycles. The van der Waals surface area contributed by atoms with E-state index < -0.39 is 17.8 Å². The number of rotatable bonds is 3. The number of nitriles is 1. The number of para-hydroxylation sites is 1. The van der Waals surface area contributed by atoms with E-state index in [1.54, 1.807) is 32.2 Å². The predicted octanol–water partition coefficient (Wildman–Crippen LogP) is 1.45. The Morgan fingerprint density at radius 2 is 2.21 bits per heavy atom. The van der Waals surface area contributed by atoms with E-state index >= 15 is 0 Å². The highest BCUT2D eigenvalue weighted by atomic mass is 16.5. The number of carbonyl (C=O) groups is 2. The van der Waals surface area contributed by atoms with Crippen LogP contribution in [0.25, 0.3) is 0 Å². The third-order valence-electron chi connectivity index (χ3n) is 3.24. The fourth-order valence-corrected chi connectivity index (χ4v) is 2.33. The molecule has 2 atom stereocenters. The van der Waals surface area contributed by atoms with Gasteiger partial charge in [-0.1, -0.05) is 18.2 Å². The fourth-order valence-electron chi connectivity index (χ4n) is 2.33. The van der Waals surface area contributed by atoms with Crippen LogP contribution in [-0.2, 0) is 14.3 Å². The van der Waals surface area contributed by atoms with Crippen LogP contribution in [0, 0.1) is 17.2 Å². The maximum Gasteiger partial charge on any atom is 0.324 e. The van der Waals surface area contributed by atoms with Crippen molar-refractivity contribution in [3.8, 4) is 6.07 Å². The summed E-state index contributed by atoms with van der Waals surface area (Å²) in [4.78, 5) is 25.5. The predicted molar refractivity (Wildman–Crippen MR) is 68.3 cm³/mol. The molecule has 2 rings (SSSR count). The summed E-state index contributed by atoms with van der Waals surface area (Å²) in [7, 11) is 1.64. The van der Waals surface area contributed by atoms with Crippen molar-refractivity contribution in [3.05, 3.63) is 29.8 Å². The molecule has 0 bridgehead atoms. The normalized spacial score (nSPS) is 18.7. The molecule has 0 saturated carbocycles. The van der Waals surface area contributed by atoms with Crippen LogP contribution in [0.3, 0.4) is 0 Å². The van der Waals surface area contributed by atoms with Crippen molar-refractivity contribution in [2.75, 3.05) is 18.6 Å². The molecule has 0 unspecified atom stereocenters. The summed E-state index contributed by atoms with van der Waals surface area (Å²) in [5.74, 6) is -2.77. The second-order valence-electron chi connectivity index (χ2n) is 4.29. The van der Waals surface area contributed by atoms with Gasteiger partial charge in [0.1, 0.15) is 0 Å². The molecule has 1 aromatic rings. The van der Waals surface area contributed by atoms with E-state index in [1.165, 1.54) is 4.90 Å². The van der Waals surface area contributed by atoms with Crippen LogP contribution in [0.15, 0.2) is 24.3 Å². The second kappa shape index (κ2) is 5.11. The Morgan fingerprint density at radius 3 is 2.84 bits per heavy atom. The maximum absolute atomic E-state index is 12.2. The van der Waals surface area contributed by atoms with Gasteiger partial charge < -0.3 is 9.64 Å². The van der Waals surface area contributed by atoms with Gasteiger partial charge in [0.25, 0.3) is 0 Å². The van der Waals surface area contributed by atoms with Crippen LogP contribution in [-0.4, -0.2) is 25.5 Å². The Hall–Kier alpha value is -2.35. The first kappa shape index (κ1) is 13.1. The van der Waals surface area contributed by atoms with Gasteiger partial charge in [0.2, 0.25) is 5.91 Å². The molecule has 0 fully saturated rings. The lowest BCUT2D eigenvalue weighted by Crippen LogP contribution is -2.31. The molecule has 1 amide bonds. The van der Waals surface area contributed by atoms with Crippen molar-refractivity contribution < 1.29 is 14.3 Å². The molecule has 5 heteroatoms. The van der Waals surface area contributed by atoms with Crippen LogP contribution in [0.2, 0.25) is 0 Å². The minimum atomic E-state index is -1.10. The van der Waals surface area contributed by atoms with Gasteiger partial charge >= 0.3 is 5.97 Å². The highest BCUT2D eigenvalue weighted by Crippen LogP contribution is 2.40. The lowest BCUT2D eigenvalue weighted by Gasteiger charge is -2.15. The van der Waals surface area contributed by atoms with E-state index in [1.807, 2.05) is 12.1 Å². The molecular formula is C14H14N2O3. The van der Waals surface area contributed by atoms with E-state index in [0.717, 1.165) is 5.69 Å². The Bertz CT molecular complexity index is 562. The molecule has 0 aliphatic carbocycles. The topological polar surface area (TPSA) is 70.4 Å². The molecule has 1 aromatic carbocycles. The van der Waals surface area contributed by atoms with Crippen LogP contribution in [0.1, 0.15) is 18.4 Å². The van der Waals surface area contributed by atoms with Gasteiger partial charge in [0.15, 0.2) is 5.92 Å². The standard InChI is InChI=1S/C14H14N2O3/c1-3-19-14(18)10(8-15)12-9-6-4-5-7-11(9)16(2)13(12)17/h4-7,10,12H,3H2,1-2H3/t10-,12+/m1/s1. The monoisotopic (exact) mass is 258 g/mol. The quantitative estimate of drug-likeness (QED) is 0.769. The number of fused-ring (bicyclic) bond motifs is 1. The number of ether oxygens (including phenoxy) is 1. The summed E-state index contributed by atoms with van der Waals surface area (Å²) in [6, 6.07) is 9.07. The number of hydrogen-bond donors (Lipinski definition) is 0. The highest BCUT2D eigenvalue weighted by Gasteiger charge is 2.44. The molecular weight excluding hydrogens is 244 g/mol. The number of likely N-dealkylation sites (N-methyl/N-ethyl adjacent to an activating group) is 1. The minimum absolute atomic E-state index is 0.190. The number of hydrogen-bond acceptors (Lipinski definition) is 4. The lowest BCUT2D eigenvalue weighted by atomic mass is 9.88. The average Bonchev–Trinajstić information content (AvgIpc) is 2.66. The Kier molecular flexibility index (Phi) is 3.52. The van der Waals surface area contributed by atoms with Crippen LogP contribution in [0.5, 0.6) is 0 Å². The summed E-state index contributed by atoms with van der Waals surface area (Å²) in [6.07, 6.45) is 0. The van der Waals surface area contributed by atoms with E-state index in [-0.39, 0.29) is 12.5 Å². The smallest absolute Gasteiger partial charge is 0.324 e. The van der Waals surface area contributed by atoms with E-state index in [0.29, 0.717) is 5.56 Å². The van der Waals surface area contributed by atoms with Gasteiger partial charge in [0, 0.05) is 12.7 Å². The van der Waals surface area contributed by atoms with Gasteiger partial charge in [-0.05, 0) is 18.6 Å². The van der Waals surface area contributed by atoms with E-state index in [2.05, 4.69) is 0 Å². The summed E-state index contributed by atoms with van der Waals surface area (Å²) < 4.78 is 4.87. The molecule has 1 heterocycles. The Balaban J connectivity index is 2.42. The van der Waals surface area contributed by atoms with Gasteiger partial charge in [0.05, 0.1) is 18.6 Å². The molecule has 1 aliphatic heterocycles. The van der Waals surface area contributed by atoms with Crippen molar-refractivity contribution in [3.63, 3.8) is 0 Å². The zero-order valence-electron chi connectivity index (χ0n) is 10.8. The van der Waals surface area contributed by atoms with E-state index in [4.69, 9.17) is 4.74 Å². The van der Waals surface area contributed by atoms with Gasteiger partial charge in [-0.3, -0.25) is 9.59 Å². The molecule has 5 nitrogen and oxygen atoms in total. The van der Waals surface area contributed by atoms with Crippen LogP contribution < -0.4 is 4.90 Å². The van der Waals surface area contributed by atoms with Gasteiger partial charge in [-0.15, -0.1) is 0 Å². The molecule has 1 aliphatic rings. The number of anilines is 1. The first-order valence-corrected chi connectivity index (χ1v) is 6.04. The second-order valence-corrected chi connectivity index (χ2v) is 4.29. The van der Waals surface area contributed by atoms with Crippen LogP contribution >= 0.6 is 0 Å². The lowest BCUT2D eigenvalue weighted by molar-refractivity contribution is -0.148. The Labute approximate surface area is 111 Å². The molecule has 0 radical (unpaired) electrons. The summed E-state index contributed by atoms with van der Waals surface area (Å²) in [5.41, 5.74) is 1.44. The summed E-state index contributed by atoms with van der Waals surface area (Å²) in [6.45, 7) is 1.86. The summed E-state index contributed by atoms with van der Waals surface area (Å²) in [5, 5.41) is 9.19. The first-order valence-electron chi connectivity index (χ1n) is 6.04. The number of benzene rings is 1. The zero-order chi connectivity index (χ0) is 14.0. The van der Waals surface area contributed by atoms with Crippen molar-refractivity contribution >= 4 is 17.6 Å². The molecule has 0 saturated heterocycles. The summed E-state index contributed by atoms with van der Waals surface area (Å²) >= 11 is 0. The molecule has 0 N–H and O–H groups in total. The van der Waals surface area contributed by atoms with Crippen LogP contribution in [0.4, 0.5) is 5.69 Å². The molecule has 98 valence electrons. The van der Waals surface area contributed by atoms with Gasteiger partial charge in [-0.25, -0.2) is 0 Å². The third kappa shape index (κ3) is 2.06. The highest BCUT2D eigenvalue weighted by molar-refractivity contribution is 6.07. The Morgan fingerprint density at radius 1 is 1.53 bits per heavy atom. The third-order valence-corrected chi connectivity index (χ3v) is 3.24. The van der Waals surface area contributed by atoms with Crippen molar-refractivity contribution in [1.82, 2.24) is 0 Å². The molecule has 19 heavy (non-hydrogen) atoms. The molecule has 0 spiro atoms. The first-order chi connectivity index (χ1) is 9.11. The fraction of sp³-hybridized carbons (Fsp3) is 0.357. The number of nitrogens with zero attached hydrogens (tertiary/aromatic N) is 2. The minimum Gasteiger partial charge on any atom is -0.465 e.